The lowest BCUT2D eigenvalue weighted by Gasteiger charge is -2.27. The van der Waals surface area contributed by atoms with Crippen molar-refractivity contribution < 1.29 is 14.3 Å². The monoisotopic (exact) mass is 182 g/mol. The highest BCUT2D eigenvalue weighted by Crippen LogP contribution is 2.31. The van der Waals surface area contributed by atoms with Crippen molar-refractivity contribution in [1.82, 2.24) is 0 Å². The summed E-state index contributed by atoms with van der Waals surface area (Å²) in [4.78, 5) is 23.0. The zero-order valence-electron chi connectivity index (χ0n) is 8.16. The van der Waals surface area contributed by atoms with Gasteiger partial charge in [-0.25, -0.2) is 0 Å². The average Bonchev–Trinajstić information content (AvgIpc) is 2.13. The van der Waals surface area contributed by atoms with Crippen molar-refractivity contribution in [3.8, 4) is 0 Å². The molecule has 0 amide bonds. The Morgan fingerprint density at radius 1 is 1.69 bits per heavy atom. The number of carbonyl (C=O) groups excluding carboxylic acids is 2. The third-order valence-electron chi connectivity index (χ3n) is 2.51. The molecule has 3 nitrogen and oxygen atoms in total. The third kappa shape index (κ3) is 1.50. The lowest BCUT2D eigenvalue weighted by molar-refractivity contribution is -0.155. The fourth-order valence-electron chi connectivity index (χ4n) is 1.59. The van der Waals surface area contributed by atoms with E-state index in [1.807, 2.05) is 13.0 Å². The van der Waals surface area contributed by atoms with Gasteiger partial charge in [-0.3, -0.25) is 9.59 Å². The molecule has 1 aliphatic carbocycles. The van der Waals surface area contributed by atoms with Gasteiger partial charge in [0.05, 0.1) is 7.11 Å². The second-order valence-electron chi connectivity index (χ2n) is 3.60. The number of rotatable bonds is 1. The molecule has 0 spiro atoms. The van der Waals surface area contributed by atoms with Gasteiger partial charge in [0.1, 0.15) is 5.41 Å². The largest absolute Gasteiger partial charge is 0.468 e. The van der Waals surface area contributed by atoms with Crippen LogP contribution in [0, 0.1) is 11.3 Å². The number of Topliss-reactive ketones (excluding diaryl/α,β-unsaturated/α-hetero) is 1. The maximum absolute atomic E-state index is 11.7. The number of hydrogen-bond donors (Lipinski definition) is 0. The smallest absolute Gasteiger partial charge is 0.322 e. The van der Waals surface area contributed by atoms with Crippen molar-refractivity contribution in [2.75, 3.05) is 7.11 Å². The zero-order chi connectivity index (χ0) is 10.1. The molecule has 0 fully saturated rings. The van der Waals surface area contributed by atoms with Gasteiger partial charge in [-0.15, -0.1) is 0 Å². The predicted octanol–water partition coefficient (Wildman–Crippen LogP) is 1.33. The minimum absolute atomic E-state index is 0.0538. The maximum Gasteiger partial charge on any atom is 0.322 e. The molecule has 0 aromatic heterocycles. The van der Waals surface area contributed by atoms with Gasteiger partial charge >= 0.3 is 5.97 Å². The van der Waals surface area contributed by atoms with Crippen LogP contribution >= 0.6 is 0 Å². The molecule has 0 unspecified atom stereocenters. The summed E-state index contributed by atoms with van der Waals surface area (Å²) in [6, 6.07) is 0. The molecule has 0 aromatic carbocycles. The van der Waals surface area contributed by atoms with Crippen molar-refractivity contribution in [2.45, 2.75) is 20.3 Å². The highest BCUT2D eigenvalue weighted by molar-refractivity contribution is 6.07. The highest BCUT2D eigenvalue weighted by Gasteiger charge is 2.43. The van der Waals surface area contributed by atoms with Crippen LogP contribution in [0.25, 0.3) is 0 Å². The summed E-state index contributed by atoms with van der Waals surface area (Å²) in [5.41, 5.74) is -1.06. The van der Waals surface area contributed by atoms with E-state index in [4.69, 9.17) is 0 Å². The molecule has 0 saturated carbocycles. The zero-order valence-corrected chi connectivity index (χ0v) is 8.16. The van der Waals surface area contributed by atoms with E-state index in [1.54, 1.807) is 13.0 Å². The molecule has 0 aliphatic heterocycles. The minimum atomic E-state index is -1.06. The van der Waals surface area contributed by atoms with Gasteiger partial charge in [-0.1, -0.05) is 19.1 Å². The van der Waals surface area contributed by atoms with Gasteiger partial charge < -0.3 is 4.74 Å². The molecule has 1 aliphatic rings. The van der Waals surface area contributed by atoms with Crippen LogP contribution in [0.1, 0.15) is 20.3 Å². The number of carbonyl (C=O) groups is 2. The predicted molar refractivity (Wildman–Crippen MR) is 48.1 cm³/mol. The maximum atomic E-state index is 11.7. The lowest BCUT2D eigenvalue weighted by atomic mass is 9.75. The van der Waals surface area contributed by atoms with Crippen LogP contribution in [-0.4, -0.2) is 18.9 Å². The van der Waals surface area contributed by atoms with Gasteiger partial charge in [0.25, 0.3) is 0 Å². The SMILES string of the molecule is COC(=O)[C@]1(C)C=CC[C@@H](C)C1=O. The van der Waals surface area contributed by atoms with Crippen LogP contribution in [-0.2, 0) is 14.3 Å². The lowest BCUT2D eigenvalue weighted by Crippen LogP contribution is -2.40. The Kier molecular flexibility index (Phi) is 2.55. The normalized spacial score (nSPS) is 33.2. The summed E-state index contributed by atoms with van der Waals surface area (Å²) in [5.74, 6) is -0.615. The molecule has 0 heterocycles. The van der Waals surface area contributed by atoms with Crippen LogP contribution in [0.2, 0.25) is 0 Å². The van der Waals surface area contributed by atoms with Crippen LogP contribution in [0.5, 0.6) is 0 Å². The van der Waals surface area contributed by atoms with Crippen LogP contribution in [0.3, 0.4) is 0 Å². The number of methoxy groups -OCH3 is 1. The summed E-state index contributed by atoms with van der Waals surface area (Å²) in [5, 5.41) is 0. The van der Waals surface area contributed by atoms with Gasteiger partial charge in [-0.2, -0.15) is 0 Å². The molecule has 13 heavy (non-hydrogen) atoms. The van der Waals surface area contributed by atoms with Gasteiger partial charge in [0, 0.05) is 5.92 Å². The summed E-state index contributed by atoms with van der Waals surface area (Å²) in [6.07, 6.45) is 4.22. The van der Waals surface area contributed by atoms with Crippen LogP contribution in [0.4, 0.5) is 0 Å². The van der Waals surface area contributed by atoms with Gasteiger partial charge in [0.2, 0.25) is 0 Å². The number of esters is 1. The number of hydrogen-bond acceptors (Lipinski definition) is 3. The Labute approximate surface area is 77.8 Å². The number of allylic oxidation sites excluding steroid dienone is 1. The molecule has 2 atom stereocenters. The van der Waals surface area contributed by atoms with Crippen LogP contribution < -0.4 is 0 Å². The quantitative estimate of drug-likeness (QED) is 0.349. The average molecular weight is 182 g/mol. The molecule has 1 rings (SSSR count). The van der Waals surface area contributed by atoms with E-state index < -0.39 is 11.4 Å². The van der Waals surface area contributed by atoms with Gasteiger partial charge in [-0.05, 0) is 13.3 Å². The molecule has 72 valence electrons. The Morgan fingerprint density at radius 2 is 2.31 bits per heavy atom. The Balaban J connectivity index is 3.01. The molecule has 0 saturated heterocycles. The molecular weight excluding hydrogens is 168 g/mol. The summed E-state index contributed by atoms with van der Waals surface area (Å²) in [6.45, 7) is 3.43. The van der Waals surface area contributed by atoms with E-state index in [0.717, 1.165) is 0 Å². The Morgan fingerprint density at radius 3 is 2.85 bits per heavy atom. The van der Waals surface area contributed by atoms with E-state index in [9.17, 15) is 9.59 Å². The molecule has 0 aromatic rings. The first-order chi connectivity index (χ1) is 6.02. The standard InChI is InChI=1S/C10H14O3/c1-7-5-4-6-10(2,8(7)11)9(12)13-3/h4,6-7H,5H2,1-3H3/t7-,10-/m1/s1. The highest BCUT2D eigenvalue weighted by atomic mass is 16.5. The fraction of sp³-hybridized carbons (Fsp3) is 0.600. The third-order valence-corrected chi connectivity index (χ3v) is 2.51. The number of ether oxygens (including phenoxy) is 1. The summed E-state index contributed by atoms with van der Waals surface area (Å²) in [7, 11) is 1.30. The van der Waals surface area contributed by atoms with Crippen molar-refractivity contribution >= 4 is 11.8 Å². The van der Waals surface area contributed by atoms with Gasteiger partial charge in [0.15, 0.2) is 5.78 Å². The van der Waals surface area contributed by atoms with E-state index in [1.165, 1.54) is 7.11 Å². The van der Waals surface area contributed by atoms with E-state index in [-0.39, 0.29) is 11.7 Å². The molecule has 0 N–H and O–H groups in total. The van der Waals surface area contributed by atoms with E-state index >= 15 is 0 Å². The Hall–Kier alpha value is -1.12. The van der Waals surface area contributed by atoms with E-state index in [2.05, 4.69) is 4.74 Å². The van der Waals surface area contributed by atoms with Crippen molar-refractivity contribution in [1.29, 1.82) is 0 Å². The molecule has 0 radical (unpaired) electrons. The Bertz CT molecular complexity index is 267. The minimum Gasteiger partial charge on any atom is -0.468 e. The number of ketones is 1. The first kappa shape index (κ1) is 9.96. The molecule has 3 heteroatoms. The molecular formula is C10H14O3. The second-order valence-corrected chi connectivity index (χ2v) is 3.60. The molecule has 0 bridgehead atoms. The second kappa shape index (κ2) is 3.32. The van der Waals surface area contributed by atoms with Crippen LogP contribution in [0.15, 0.2) is 12.2 Å². The summed E-state index contributed by atoms with van der Waals surface area (Å²) < 4.78 is 4.60. The van der Waals surface area contributed by atoms with Crippen molar-refractivity contribution in [3.05, 3.63) is 12.2 Å². The van der Waals surface area contributed by atoms with E-state index in [0.29, 0.717) is 6.42 Å². The van der Waals surface area contributed by atoms with Crippen molar-refractivity contribution in [3.63, 3.8) is 0 Å². The first-order valence-electron chi connectivity index (χ1n) is 4.33. The first-order valence-corrected chi connectivity index (χ1v) is 4.33. The van der Waals surface area contributed by atoms with Crippen molar-refractivity contribution in [2.24, 2.45) is 11.3 Å². The fourth-order valence-corrected chi connectivity index (χ4v) is 1.59. The topological polar surface area (TPSA) is 43.4 Å². The summed E-state index contributed by atoms with van der Waals surface area (Å²) >= 11 is 0.